The Morgan fingerprint density at radius 2 is 1.87 bits per heavy atom. The summed E-state index contributed by atoms with van der Waals surface area (Å²) in [4.78, 5) is 4.11. The second kappa shape index (κ2) is 6.95. The highest BCUT2D eigenvalue weighted by atomic mass is 16.5. The molecule has 0 amide bonds. The number of pyridine rings is 1. The lowest BCUT2D eigenvalue weighted by Gasteiger charge is -2.61. The second-order valence-corrected chi connectivity index (χ2v) is 12.4. The molecule has 6 rings (SSSR count). The Morgan fingerprint density at radius 3 is 2.61 bits per heavy atom. The molecule has 1 heterocycles. The number of hydrogen-bond acceptors (Lipinski definition) is 3. The fourth-order valence-corrected chi connectivity index (χ4v) is 10.3. The Hall–Kier alpha value is -1.09. The van der Waals surface area contributed by atoms with Gasteiger partial charge in [0.2, 0.25) is 0 Å². The number of ether oxygens (including phenoxy) is 2. The van der Waals surface area contributed by atoms with Crippen molar-refractivity contribution in [2.75, 3.05) is 13.7 Å². The van der Waals surface area contributed by atoms with Gasteiger partial charge in [-0.25, -0.2) is 0 Å². The van der Waals surface area contributed by atoms with Gasteiger partial charge in [-0.3, -0.25) is 4.98 Å². The summed E-state index contributed by atoms with van der Waals surface area (Å²) >= 11 is 0. The molecule has 10 atom stereocenters. The van der Waals surface area contributed by atoms with E-state index >= 15 is 0 Å². The number of nitrogens with zero attached hydrogens (tertiary/aromatic N) is 1. The first kappa shape index (κ1) is 20.5. The van der Waals surface area contributed by atoms with E-state index in [9.17, 15) is 0 Å². The summed E-state index contributed by atoms with van der Waals surface area (Å²) in [5, 5.41) is 0. The molecule has 5 aliphatic rings. The van der Waals surface area contributed by atoms with Crippen LogP contribution in [-0.2, 0) is 4.74 Å². The average molecular weight is 424 g/mol. The first-order valence-corrected chi connectivity index (χ1v) is 13.0. The highest BCUT2D eigenvalue weighted by Gasteiger charge is 2.77. The number of methoxy groups -OCH3 is 1. The van der Waals surface area contributed by atoms with Crippen molar-refractivity contribution in [1.82, 2.24) is 4.98 Å². The molecule has 1 unspecified atom stereocenters. The predicted molar refractivity (Wildman–Crippen MR) is 123 cm³/mol. The summed E-state index contributed by atoms with van der Waals surface area (Å²) in [7, 11) is 2.01. The van der Waals surface area contributed by atoms with Crippen molar-refractivity contribution < 1.29 is 9.47 Å². The van der Waals surface area contributed by atoms with Gasteiger partial charge in [-0.05, 0) is 110 Å². The minimum Gasteiger partial charge on any atom is -0.493 e. The molecule has 0 bridgehead atoms. The maximum absolute atomic E-state index is 6.28. The van der Waals surface area contributed by atoms with Gasteiger partial charge in [0.1, 0.15) is 5.75 Å². The number of rotatable bonds is 5. The SMILES string of the molecule is CO[C@@H]1C[C@H]2[C@@H]3CC[C@H]([C@H](C)COc4ccncc4)[C@@]3(C)CC[C@@H]2[C@@]2(C)CC[C@@H]3CC312. The molecule has 0 saturated heterocycles. The van der Waals surface area contributed by atoms with Gasteiger partial charge >= 0.3 is 0 Å². The lowest BCUT2D eigenvalue weighted by molar-refractivity contribution is -0.161. The van der Waals surface area contributed by atoms with Crippen LogP contribution in [0.2, 0.25) is 0 Å². The van der Waals surface area contributed by atoms with Gasteiger partial charge in [0.05, 0.1) is 12.7 Å². The van der Waals surface area contributed by atoms with Crippen molar-refractivity contribution in [3.63, 3.8) is 0 Å². The molecule has 5 saturated carbocycles. The van der Waals surface area contributed by atoms with Crippen LogP contribution >= 0.6 is 0 Å². The van der Waals surface area contributed by atoms with Crippen LogP contribution in [0.1, 0.15) is 72.1 Å². The Bertz CT molecular complexity index is 828. The highest BCUT2D eigenvalue weighted by molar-refractivity contribution is 5.26. The molecule has 0 aliphatic heterocycles. The summed E-state index contributed by atoms with van der Waals surface area (Å²) in [5.41, 5.74) is 1.56. The third kappa shape index (κ3) is 2.65. The van der Waals surface area contributed by atoms with Gasteiger partial charge < -0.3 is 9.47 Å². The second-order valence-electron chi connectivity index (χ2n) is 12.4. The first-order chi connectivity index (χ1) is 14.9. The molecule has 5 aliphatic carbocycles. The van der Waals surface area contributed by atoms with Gasteiger partial charge in [0.25, 0.3) is 0 Å². The lowest BCUT2D eigenvalue weighted by atomic mass is 9.45. The van der Waals surface area contributed by atoms with Gasteiger partial charge in [-0.1, -0.05) is 20.8 Å². The molecule has 0 radical (unpaired) electrons. The summed E-state index contributed by atoms with van der Waals surface area (Å²) in [6.07, 6.45) is 15.6. The third-order valence-electron chi connectivity index (χ3n) is 11.8. The summed E-state index contributed by atoms with van der Waals surface area (Å²) < 4.78 is 12.5. The fourth-order valence-electron chi connectivity index (χ4n) is 10.3. The molecule has 1 aromatic heterocycles. The zero-order valence-corrected chi connectivity index (χ0v) is 20.0. The maximum Gasteiger partial charge on any atom is 0.122 e. The fraction of sp³-hybridized carbons (Fsp3) is 0.821. The van der Waals surface area contributed by atoms with Crippen molar-refractivity contribution in [3.05, 3.63) is 24.5 Å². The molecular formula is C28H41NO2. The van der Waals surface area contributed by atoms with Crippen molar-refractivity contribution in [3.8, 4) is 5.75 Å². The zero-order chi connectivity index (χ0) is 21.4. The molecule has 3 heteroatoms. The van der Waals surface area contributed by atoms with Gasteiger partial charge in [0, 0.05) is 24.9 Å². The number of hydrogen-bond donors (Lipinski definition) is 0. The van der Waals surface area contributed by atoms with Crippen molar-refractivity contribution in [2.45, 2.75) is 78.2 Å². The predicted octanol–water partition coefficient (Wildman–Crippen LogP) is 6.38. The van der Waals surface area contributed by atoms with E-state index in [1.165, 1.54) is 51.4 Å². The smallest absolute Gasteiger partial charge is 0.122 e. The molecular weight excluding hydrogens is 382 g/mol. The van der Waals surface area contributed by atoms with Crippen molar-refractivity contribution in [2.24, 2.45) is 51.8 Å². The standard InChI is InChI=1S/C28H41NO2/c1-18(17-31-20-9-13-29-14-10-20)22-5-6-23-21-15-25(30-4)28-16-19(28)7-12-27(28,3)24(21)8-11-26(22,23)2/h9-10,13-14,18-19,21-25H,5-8,11-12,15-17H2,1-4H3/t18-,19-,21+,22-,23+,24+,25-,26-,27-,28?/m1/s1. The monoisotopic (exact) mass is 423 g/mol. The Kier molecular flexibility index (Phi) is 4.60. The molecule has 1 spiro atoms. The molecule has 0 aromatic carbocycles. The van der Waals surface area contributed by atoms with Crippen LogP contribution < -0.4 is 4.74 Å². The molecule has 0 N–H and O–H groups in total. The van der Waals surface area contributed by atoms with Gasteiger partial charge in [0.15, 0.2) is 0 Å². The third-order valence-corrected chi connectivity index (χ3v) is 11.8. The topological polar surface area (TPSA) is 31.4 Å². The summed E-state index contributed by atoms with van der Waals surface area (Å²) in [5.74, 6) is 6.00. The van der Waals surface area contributed by atoms with Crippen LogP contribution in [0.4, 0.5) is 0 Å². The Balaban J connectivity index is 1.22. The quantitative estimate of drug-likeness (QED) is 0.550. The largest absolute Gasteiger partial charge is 0.493 e. The van der Waals surface area contributed by atoms with Crippen LogP contribution in [0.3, 0.4) is 0 Å². The van der Waals surface area contributed by atoms with Crippen molar-refractivity contribution >= 4 is 0 Å². The molecule has 3 nitrogen and oxygen atoms in total. The van der Waals surface area contributed by atoms with E-state index in [-0.39, 0.29) is 0 Å². The molecule has 31 heavy (non-hydrogen) atoms. The van der Waals surface area contributed by atoms with E-state index in [0.717, 1.165) is 41.9 Å². The molecule has 170 valence electrons. The Morgan fingerprint density at radius 1 is 1.06 bits per heavy atom. The van der Waals surface area contributed by atoms with Crippen molar-refractivity contribution in [1.29, 1.82) is 0 Å². The van der Waals surface area contributed by atoms with Crippen LogP contribution in [0.25, 0.3) is 0 Å². The lowest BCUT2D eigenvalue weighted by Crippen LogP contribution is -2.57. The van der Waals surface area contributed by atoms with E-state index in [4.69, 9.17) is 9.47 Å². The zero-order valence-electron chi connectivity index (χ0n) is 20.0. The van der Waals surface area contributed by atoms with E-state index < -0.39 is 0 Å². The highest BCUT2D eigenvalue weighted by Crippen LogP contribution is 2.82. The van der Waals surface area contributed by atoms with E-state index in [1.807, 2.05) is 31.6 Å². The molecule has 1 aromatic rings. The summed E-state index contributed by atoms with van der Waals surface area (Å²) in [6, 6.07) is 3.96. The van der Waals surface area contributed by atoms with Crippen LogP contribution in [-0.4, -0.2) is 24.8 Å². The van der Waals surface area contributed by atoms with Gasteiger partial charge in [-0.15, -0.1) is 0 Å². The maximum atomic E-state index is 6.28. The van der Waals surface area contributed by atoms with E-state index in [1.54, 1.807) is 0 Å². The van der Waals surface area contributed by atoms with E-state index in [0.29, 0.717) is 28.3 Å². The van der Waals surface area contributed by atoms with Crippen LogP contribution in [0.15, 0.2) is 24.5 Å². The minimum absolute atomic E-state index is 0.475. The van der Waals surface area contributed by atoms with E-state index in [2.05, 4.69) is 25.8 Å². The minimum atomic E-state index is 0.475. The van der Waals surface area contributed by atoms with Gasteiger partial charge in [-0.2, -0.15) is 0 Å². The number of aromatic nitrogens is 1. The Labute approximate surface area is 188 Å². The number of fused-ring (bicyclic) bond motifs is 4. The van der Waals surface area contributed by atoms with Crippen LogP contribution in [0.5, 0.6) is 5.75 Å². The average Bonchev–Trinajstić information content (AvgIpc) is 3.29. The normalized spacial score (nSPS) is 50.7. The van der Waals surface area contributed by atoms with Crippen LogP contribution in [0, 0.1) is 51.8 Å². The molecule has 5 fully saturated rings. The first-order valence-electron chi connectivity index (χ1n) is 13.0. The summed E-state index contributed by atoms with van der Waals surface area (Å²) in [6.45, 7) is 8.60.